The van der Waals surface area contributed by atoms with Gasteiger partial charge in [-0.3, -0.25) is 4.79 Å². The number of methoxy groups -OCH3 is 1. The molecule has 0 spiro atoms. The van der Waals surface area contributed by atoms with Crippen LogP contribution in [0.2, 0.25) is 0 Å². The van der Waals surface area contributed by atoms with Gasteiger partial charge < -0.3 is 10.1 Å². The summed E-state index contributed by atoms with van der Waals surface area (Å²) in [5.74, 6) is 0.793. The van der Waals surface area contributed by atoms with Crippen LogP contribution in [0, 0.1) is 0 Å². The van der Waals surface area contributed by atoms with E-state index in [-0.39, 0.29) is 16.7 Å². The molecule has 3 rings (SSSR count). The molecule has 2 atom stereocenters. The van der Waals surface area contributed by atoms with Crippen molar-refractivity contribution < 1.29 is 9.53 Å². The fraction of sp³-hybridized carbons (Fsp3) is 0.235. The number of fused-ring (bicyclic) bond motifs is 1. The molecule has 0 bridgehead atoms. The Morgan fingerprint density at radius 1 is 1.19 bits per heavy atom. The average Bonchev–Trinajstić information content (AvgIpc) is 2.65. The lowest BCUT2D eigenvalue weighted by molar-refractivity contribution is -0.120. The predicted molar refractivity (Wildman–Crippen MR) is 85.8 cm³/mol. The van der Waals surface area contributed by atoms with Crippen LogP contribution in [0.4, 0.5) is 0 Å². The standard InChI is InChI=1S/C17H16BrNO2/c1-21-13-8-7-12-10-19-17(20)16(18)15(14(12)9-13)11-5-3-2-4-6-11/h2-9,15-16H,10H2,1H3,(H,19,20). The Labute approximate surface area is 132 Å². The van der Waals surface area contributed by atoms with Crippen molar-refractivity contribution in [3.8, 4) is 5.75 Å². The predicted octanol–water partition coefficient (Wildman–Crippen LogP) is 3.22. The zero-order valence-electron chi connectivity index (χ0n) is 11.7. The Hall–Kier alpha value is -1.81. The topological polar surface area (TPSA) is 38.3 Å². The van der Waals surface area contributed by atoms with E-state index in [4.69, 9.17) is 4.74 Å². The third-order valence-electron chi connectivity index (χ3n) is 3.84. The summed E-state index contributed by atoms with van der Waals surface area (Å²) in [7, 11) is 1.66. The molecule has 0 saturated heterocycles. The SMILES string of the molecule is COc1ccc2c(c1)C(c1ccccc1)C(Br)C(=O)NC2. The molecule has 1 aliphatic rings. The molecule has 0 aromatic heterocycles. The summed E-state index contributed by atoms with van der Waals surface area (Å²) < 4.78 is 5.35. The minimum atomic E-state index is -0.298. The van der Waals surface area contributed by atoms with Crippen LogP contribution in [-0.4, -0.2) is 17.8 Å². The number of benzene rings is 2. The van der Waals surface area contributed by atoms with Gasteiger partial charge in [-0.2, -0.15) is 0 Å². The second-order valence-corrected chi connectivity index (χ2v) is 6.06. The van der Waals surface area contributed by atoms with E-state index in [0.29, 0.717) is 6.54 Å². The van der Waals surface area contributed by atoms with Gasteiger partial charge in [0.15, 0.2) is 0 Å². The molecule has 21 heavy (non-hydrogen) atoms. The van der Waals surface area contributed by atoms with Crippen molar-refractivity contribution in [2.75, 3.05) is 7.11 Å². The number of carbonyl (C=O) groups excluding carboxylic acids is 1. The van der Waals surface area contributed by atoms with Crippen molar-refractivity contribution >= 4 is 21.8 Å². The maximum Gasteiger partial charge on any atom is 0.235 e. The van der Waals surface area contributed by atoms with Crippen molar-refractivity contribution in [1.82, 2.24) is 5.32 Å². The Bertz CT molecular complexity index is 657. The minimum absolute atomic E-state index is 0.0130. The van der Waals surface area contributed by atoms with Crippen LogP contribution in [0.25, 0.3) is 0 Å². The van der Waals surface area contributed by atoms with Crippen LogP contribution in [-0.2, 0) is 11.3 Å². The van der Waals surface area contributed by atoms with Gasteiger partial charge in [-0.25, -0.2) is 0 Å². The number of alkyl halides is 1. The number of hydrogen-bond acceptors (Lipinski definition) is 2. The van der Waals surface area contributed by atoms with E-state index < -0.39 is 0 Å². The van der Waals surface area contributed by atoms with E-state index in [9.17, 15) is 4.79 Å². The number of carbonyl (C=O) groups is 1. The molecule has 1 heterocycles. The van der Waals surface area contributed by atoms with Crippen molar-refractivity contribution in [3.05, 3.63) is 65.2 Å². The summed E-state index contributed by atoms with van der Waals surface area (Å²) >= 11 is 3.57. The van der Waals surface area contributed by atoms with Gasteiger partial charge in [0.05, 0.1) is 7.11 Å². The fourth-order valence-electron chi connectivity index (χ4n) is 2.75. The highest BCUT2D eigenvalue weighted by Gasteiger charge is 2.33. The third-order valence-corrected chi connectivity index (χ3v) is 4.79. The van der Waals surface area contributed by atoms with Crippen LogP contribution < -0.4 is 10.1 Å². The first-order valence-corrected chi connectivity index (χ1v) is 7.76. The van der Waals surface area contributed by atoms with E-state index in [1.165, 1.54) is 0 Å². The first kappa shape index (κ1) is 14.1. The molecule has 0 radical (unpaired) electrons. The summed E-state index contributed by atoms with van der Waals surface area (Å²) in [6, 6.07) is 16.1. The van der Waals surface area contributed by atoms with Crippen LogP contribution in [0.5, 0.6) is 5.75 Å². The second kappa shape index (κ2) is 5.90. The van der Waals surface area contributed by atoms with Crippen molar-refractivity contribution in [1.29, 1.82) is 0 Å². The molecule has 2 aromatic rings. The quantitative estimate of drug-likeness (QED) is 0.848. The Morgan fingerprint density at radius 3 is 2.67 bits per heavy atom. The summed E-state index contributed by atoms with van der Waals surface area (Å²) in [5.41, 5.74) is 3.37. The highest BCUT2D eigenvalue weighted by atomic mass is 79.9. The van der Waals surface area contributed by atoms with E-state index in [0.717, 1.165) is 22.4 Å². The number of amides is 1. The largest absolute Gasteiger partial charge is 0.497 e. The van der Waals surface area contributed by atoms with Crippen molar-refractivity contribution in [2.24, 2.45) is 0 Å². The normalized spacial score (nSPS) is 21.1. The van der Waals surface area contributed by atoms with Gasteiger partial charge >= 0.3 is 0 Å². The van der Waals surface area contributed by atoms with Gasteiger partial charge in [-0.15, -0.1) is 0 Å². The molecule has 1 aliphatic heterocycles. The second-order valence-electron chi connectivity index (χ2n) is 5.07. The lowest BCUT2D eigenvalue weighted by Gasteiger charge is -2.22. The van der Waals surface area contributed by atoms with Gasteiger partial charge in [-0.05, 0) is 28.8 Å². The molecule has 0 saturated carbocycles. The summed E-state index contributed by atoms with van der Waals surface area (Å²) in [4.78, 5) is 11.9. The fourth-order valence-corrected chi connectivity index (χ4v) is 3.50. The molecule has 2 aromatic carbocycles. The molecular formula is C17H16BrNO2. The molecule has 2 unspecified atom stereocenters. The molecule has 1 amide bonds. The van der Waals surface area contributed by atoms with E-state index in [2.05, 4.69) is 33.4 Å². The van der Waals surface area contributed by atoms with Gasteiger partial charge in [-0.1, -0.05) is 52.3 Å². The molecule has 0 aliphatic carbocycles. The van der Waals surface area contributed by atoms with E-state index >= 15 is 0 Å². The van der Waals surface area contributed by atoms with Crippen LogP contribution in [0.1, 0.15) is 22.6 Å². The monoisotopic (exact) mass is 345 g/mol. The number of ether oxygens (including phenoxy) is 1. The number of halogens is 1. The number of rotatable bonds is 2. The molecule has 108 valence electrons. The molecule has 4 heteroatoms. The number of hydrogen-bond donors (Lipinski definition) is 1. The van der Waals surface area contributed by atoms with E-state index in [1.807, 2.05) is 36.4 Å². The Balaban J connectivity index is 2.17. The van der Waals surface area contributed by atoms with Crippen molar-refractivity contribution in [3.63, 3.8) is 0 Å². The van der Waals surface area contributed by atoms with Gasteiger partial charge in [0.25, 0.3) is 0 Å². The highest BCUT2D eigenvalue weighted by molar-refractivity contribution is 9.10. The van der Waals surface area contributed by atoms with E-state index in [1.54, 1.807) is 7.11 Å². The number of nitrogens with one attached hydrogen (secondary N) is 1. The zero-order chi connectivity index (χ0) is 14.8. The average molecular weight is 346 g/mol. The zero-order valence-corrected chi connectivity index (χ0v) is 13.3. The van der Waals surface area contributed by atoms with Crippen molar-refractivity contribution in [2.45, 2.75) is 17.3 Å². The molecule has 0 fully saturated rings. The van der Waals surface area contributed by atoms with Crippen LogP contribution >= 0.6 is 15.9 Å². The smallest absolute Gasteiger partial charge is 0.235 e. The summed E-state index contributed by atoms with van der Waals surface area (Å²) in [6.45, 7) is 0.545. The first-order chi connectivity index (χ1) is 10.2. The maximum atomic E-state index is 12.2. The lowest BCUT2D eigenvalue weighted by atomic mass is 9.86. The van der Waals surface area contributed by atoms with Gasteiger partial charge in [0.2, 0.25) is 5.91 Å². The Kier molecular flexibility index (Phi) is 3.97. The third kappa shape index (κ3) is 2.68. The maximum absolute atomic E-state index is 12.2. The molecular weight excluding hydrogens is 330 g/mol. The summed E-state index contributed by atoms with van der Waals surface area (Å²) in [5, 5.41) is 2.96. The Morgan fingerprint density at radius 2 is 1.95 bits per heavy atom. The first-order valence-electron chi connectivity index (χ1n) is 6.84. The molecule has 1 N–H and O–H groups in total. The summed E-state index contributed by atoms with van der Waals surface area (Å²) in [6.07, 6.45) is 0. The minimum Gasteiger partial charge on any atom is -0.497 e. The highest BCUT2D eigenvalue weighted by Crippen LogP contribution is 2.37. The van der Waals surface area contributed by atoms with Crippen LogP contribution in [0.3, 0.4) is 0 Å². The van der Waals surface area contributed by atoms with Gasteiger partial charge in [0.1, 0.15) is 10.6 Å². The van der Waals surface area contributed by atoms with Crippen LogP contribution in [0.15, 0.2) is 48.5 Å². The van der Waals surface area contributed by atoms with Gasteiger partial charge in [0, 0.05) is 12.5 Å². The lowest BCUT2D eigenvalue weighted by Crippen LogP contribution is -2.31. The molecule has 3 nitrogen and oxygen atoms in total.